The van der Waals surface area contributed by atoms with Gasteiger partial charge >= 0.3 is 5.97 Å². The average molecular weight is 455 g/mol. The number of esters is 1. The van der Waals surface area contributed by atoms with Crippen molar-refractivity contribution in [3.8, 4) is 5.75 Å². The Kier molecular flexibility index (Phi) is 5.80. The molecule has 0 fully saturated rings. The summed E-state index contributed by atoms with van der Waals surface area (Å²) in [6, 6.07) is 13.8. The minimum Gasteiger partial charge on any atom is -0.497 e. The zero-order chi connectivity index (χ0) is 22.1. The number of hydrogen-bond donors (Lipinski definition) is 0. The van der Waals surface area contributed by atoms with Crippen LogP contribution in [0.1, 0.15) is 24.1 Å². The van der Waals surface area contributed by atoms with Crippen LogP contribution in [-0.2, 0) is 9.53 Å². The number of allylic oxidation sites excluding steroid dienone is 1. The predicted octanol–water partition coefficient (Wildman–Crippen LogP) is 3.07. The van der Waals surface area contributed by atoms with Gasteiger partial charge in [0, 0.05) is 5.02 Å². The van der Waals surface area contributed by atoms with Crippen LogP contribution >= 0.6 is 22.9 Å². The number of hydrogen-bond acceptors (Lipinski definition) is 6. The Labute approximate surface area is 187 Å². The third-order valence-corrected chi connectivity index (χ3v) is 6.26. The van der Waals surface area contributed by atoms with Gasteiger partial charge in [-0.1, -0.05) is 47.2 Å². The van der Waals surface area contributed by atoms with Gasteiger partial charge in [0.1, 0.15) is 5.75 Å². The molecule has 2 heterocycles. The van der Waals surface area contributed by atoms with Crippen molar-refractivity contribution in [3.05, 3.63) is 95.6 Å². The SMILES string of the molecule is COC(=O)C1=C(C)N=c2s/c(=C\c3ccc(OC)cc3)c(=O)n2[C@@H]1c1ccc(Cl)cc1. The topological polar surface area (TPSA) is 69.9 Å². The smallest absolute Gasteiger partial charge is 0.338 e. The van der Waals surface area contributed by atoms with Crippen LogP contribution in [0.15, 0.2) is 69.6 Å². The molecule has 0 saturated heterocycles. The molecule has 158 valence electrons. The largest absolute Gasteiger partial charge is 0.497 e. The van der Waals surface area contributed by atoms with E-state index in [-0.39, 0.29) is 5.56 Å². The van der Waals surface area contributed by atoms with Crippen molar-refractivity contribution >= 4 is 35.0 Å². The Morgan fingerprint density at radius 2 is 1.81 bits per heavy atom. The molecule has 0 aliphatic carbocycles. The molecule has 0 bridgehead atoms. The average Bonchev–Trinajstić information content (AvgIpc) is 3.08. The van der Waals surface area contributed by atoms with E-state index in [0.29, 0.717) is 25.6 Å². The Hall–Kier alpha value is -3.16. The van der Waals surface area contributed by atoms with Crippen molar-refractivity contribution in [1.82, 2.24) is 4.57 Å². The van der Waals surface area contributed by atoms with Gasteiger partial charge in [0.25, 0.3) is 5.56 Å². The van der Waals surface area contributed by atoms with Crippen LogP contribution in [0.2, 0.25) is 5.02 Å². The van der Waals surface area contributed by atoms with Crippen molar-refractivity contribution in [2.45, 2.75) is 13.0 Å². The first-order chi connectivity index (χ1) is 14.9. The van der Waals surface area contributed by atoms with Crippen molar-refractivity contribution < 1.29 is 14.3 Å². The molecule has 0 N–H and O–H groups in total. The summed E-state index contributed by atoms with van der Waals surface area (Å²) < 4.78 is 12.2. The van der Waals surface area contributed by atoms with Gasteiger partial charge < -0.3 is 9.47 Å². The first-order valence-corrected chi connectivity index (χ1v) is 10.6. The normalized spacial score (nSPS) is 16.0. The van der Waals surface area contributed by atoms with E-state index in [4.69, 9.17) is 21.1 Å². The summed E-state index contributed by atoms with van der Waals surface area (Å²) in [5.41, 5.74) is 2.22. The second-order valence-electron chi connectivity index (χ2n) is 6.90. The van der Waals surface area contributed by atoms with E-state index >= 15 is 0 Å². The molecule has 0 saturated carbocycles. The summed E-state index contributed by atoms with van der Waals surface area (Å²) in [4.78, 5) is 31.1. The molecule has 0 unspecified atom stereocenters. The third kappa shape index (κ3) is 3.94. The van der Waals surface area contributed by atoms with Gasteiger partial charge in [-0.2, -0.15) is 0 Å². The monoisotopic (exact) mass is 454 g/mol. The summed E-state index contributed by atoms with van der Waals surface area (Å²) in [5.74, 6) is 0.213. The number of fused-ring (bicyclic) bond motifs is 1. The molecule has 0 amide bonds. The maximum Gasteiger partial charge on any atom is 0.338 e. The molecule has 0 radical (unpaired) electrons. The number of halogens is 1. The lowest BCUT2D eigenvalue weighted by Gasteiger charge is -2.24. The van der Waals surface area contributed by atoms with E-state index in [0.717, 1.165) is 16.9 Å². The summed E-state index contributed by atoms with van der Waals surface area (Å²) in [7, 11) is 2.92. The summed E-state index contributed by atoms with van der Waals surface area (Å²) >= 11 is 7.33. The van der Waals surface area contributed by atoms with Crippen LogP contribution in [0, 0.1) is 0 Å². The molecule has 1 aliphatic rings. The lowest BCUT2D eigenvalue weighted by molar-refractivity contribution is -0.136. The van der Waals surface area contributed by atoms with Crippen LogP contribution in [0.3, 0.4) is 0 Å². The number of aromatic nitrogens is 1. The fourth-order valence-electron chi connectivity index (χ4n) is 3.50. The van der Waals surface area contributed by atoms with E-state index in [1.807, 2.05) is 24.3 Å². The molecule has 1 aliphatic heterocycles. The molecule has 4 rings (SSSR count). The highest BCUT2D eigenvalue weighted by Gasteiger charge is 2.32. The molecule has 1 atom stereocenters. The number of ether oxygens (including phenoxy) is 2. The molecule has 31 heavy (non-hydrogen) atoms. The number of carbonyl (C=O) groups excluding carboxylic acids is 1. The first kappa shape index (κ1) is 21.1. The van der Waals surface area contributed by atoms with Crippen molar-refractivity contribution in [2.75, 3.05) is 14.2 Å². The van der Waals surface area contributed by atoms with Crippen molar-refractivity contribution in [3.63, 3.8) is 0 Å². The van der Waals surface area contributed by atoms with E-state index in [1.165, 1.54) is 18.4 Å². The van der Waals surface area contributed by atoms with Crippen LogP contribution in [0.5, 0.6) is 5.75 Å². The Balaban J connectivity index is 1.93. The lowest BCUT2D eigenvalue weighted by Crippen LogP contribution is -2.39. The number of carbonyl (C=O) groups is 1. The fraction of sp³-hybridized carbons (Fsp3) is 0.174. The van der Waals surface area contributed by atoms with Crippen molar-refractivity contribution in [2.24, 2.45) is 4.99 Å². The second-order valence-corrected chi connectivity index (χ2v) is 8.34. The van der Waals surface area contributed by atoms with E-state index in [1.54, 1.807) is 48.9 Å². The molecule has 2 aromatic carbocycles. The van der Waals surface area contributed by atoms with Crippen LogP contribution in [-0.4, -0.2) is 24.8 Å². The Morgan fingerprint density at radius 3 is 2.42 bits per heavy atom. The number of methoxy groups -OCH3 is 2. The maximum absolute atomic E-state index is 13.4. The number of benzene rings is 2. The van der Waals surface area contributed by atoms with Gasteiger partial charge in [0.15, 0.2) is 4.80 Å². The number of rotatable bonds is 4. The van der Waals surface area contributed by atoms with E-state index in [9.17, 15) is 9.59 Å². The summed E-state index contributed by atoms with van der Waals surface area (Å²) in [6.07, 6.45) is 1.80. The van der Waals surface area contributed by atoms with Gasteiger partial charge in [0.05, 0.1) is 36.1 Å². The number of nitrogens with zero attached hydrogens (tertiary/aromatic N) is 2. The Morgan fingerprint density at radius 1 is 1.13 bits per heavy atom. The third-order valence-electron chi connectivity index (χ3n) is 5.03. The van der Waals surface area contributed by atoms with Gasteiger partial charge in [0.2, 0.25) is 0 Å². The van der Waals surface area contributed by atoms with E-state index in [2.05, 4.69) is 4.99 Å². The summed E-state index contributed by atoms with van der Waals surface area (Å²) in [6.45, 7) is 1.75. The zero-order valence-electron chi connectivity index (χ0n) is 17.1. The van der Waals surface area contributed by atoms with Crippen LogP contribution in [0.25, 0.3) is 6.08 Å². The van der Waals surface area contributed by atoms with E-state index < -0.39 is 12.0 Å². The quantitative estimate of drug-likeness (QED) is 0.568. The van der Waals surface area contributed by atoms with Gasteiger partial charge in [-0.25, -0.2) is 9.79 Å². The molecular formula is C23H19ClN2O4S. The molecule has 1 aromatic heterocycles. The van der Waals surface area contributed by atoms with Gasteiger partial charge in [-0.3, -0.25) is 9.36 Å². The molecular weight excluding hydrogens is 436 g/mol. The Bertz CT molecular complexity index is 1350. The molecule has 0 spiro atoms. The molecule has 6 nitrogen and oxygen atoms in total. The van der Waals surface area contributed by atoms with Crippen LogP contribution < -0.4 is 19.6 Å². The summed E-state index contributed by atoms with van der Waals surface area (Å²) in [5, 5.41) is 0.566. The minimum atomic E-state index is -0.654. The zero-order valence-corrected chi connectivity index (χ0v) is 18.7. The standard InChI is InChI=1S/C23H19ClN2O4S/c1-13-19(22(28)30-3)20(15-6-8-16(24)9-7-15)26-21(27)18(31-23(26)25-13)12-14-4-10-17(29-2)11-5-14/h4-12,20H,1-3H3/b18-12-/t20-/m1/s1. The first-order valence-electron chi connectivity index (χ1n) is 9.43. The second kappa shape index (κ2) is 8.53. The van der Waals surface area contributed by atoms with Gasteiger partial charge in [-0.05, 0) is 48.4 Å². The maximum atomic E-state index is 13.4. The molecule has 3 aromatic rings. The van der Waals surface area contributed by atoms with Crippen molar-refractivity contribution in [1.29, 1.82) is 0 Å². The lowest BCUT2D eigenvalue weighted by atomic mass is 9.96. The highest BCUT2D eigenvalue weighted by molar-refractivity contribution is 7.07. The van der Waals surface area contributed by atoms with Gasteiger partial charge in [-0.15, -0.1) is 0 Å². The highest BCUT2D eigenvalue weighted by Crippen LogP contribution is 2.31. The fourth-order valence-corrected chi connectivity index (χ4v) is 4.68. The van der Waals surface area contributed by atoms with Crippen LogP contribution in [0.4, 0.5) is 0 Å². The number of thiazole rings is 1. The highest BCUT2D eigenvalue weighted by atomic mass is 35.5. The minimum absolute atomic E-state index is 0.228. The molecule has 8 heteroatoms. The predicted molar refractivity (Wildman–Crippen MR) is 120 cm³/mol.